The van der Waals surface area contributed by atoms with Crippen LogP contribution in [-0.4, -0.2) is 34.0 Å². The minimum Gasteiger partial charge on any atom is -0.342 e. The molecule has 3 rings (SSSR count). The molecule has 1 amide bonds. The number of hydrogen-bond donors (Lipinski definition) is 1. The van der Waals surface area contributed by atoms with Gasteiger partial charge in [-0.1, -0.05) is 19.0 Å². The molecule has 21 heavy (non-hydrogen) atoms. The number of aromatic nitrogens is 2. The zero-order valence-corrected chi connectivity index (χ0v) is 12.8. The first-order valence-electron chi connectivity index (χ1n) is 7.91. The van der Waals surface area contributed by atoms with Gasteiger partial charge in [-0.15, -0.1) is 0 Å². The first-order valence-corrected chi connectivity index (χ1v) is 7.91. The summed E-state index contributed by atoms with van der Waals surface area (Å²) < 4.78 is 5.42. The number of nitrogens with two attached hydrogens (primary N) is 1. The lowest BCUT2D eigenvalue weighted by atomic mass is 9.77. The van der Waals surface area contributed by atoms with Gasteiger partial charge in [0.2, 0.25) is 11.8 Å². The van der Waals surface area contributed by atoms with E-state index in [0.717, 1.165) is 45.2 Å². The zero-order chi connectivity index (χ0) is 15.0. The van der Waals surface area contributed by atoms with Gasteiger partial charge < -0.3 is 15.2 Å². The molecule has 1 aromatic heterocycles. The van der Waals surface area contributed by atoms with Crippen molar-refractivity contribution in [2.24, 2.45) is 11.7 Å². The average molecular weight is 292 g/mol. The Morgan fingerprint density at radius 3 is 2.57 bits per heavy atom. The number of hydrogen-bond acceptors (Lipinski definition) is 5. The van der Waals surface area contributed by atoms with E-state index in [0.29, 0.717) is 11.7 Å². The lowest BCUT2D eigenvalue weighted by Gasteiger charge is -2.34. The Labute approximate surface area is 125 Å². The highest BCUT2D eigenvalue weighted by Gasteiger charge is 2.39. The number of piperidine rings is 1. The van der Waals surface area contributed by atoms with Crippen LogP contribution in [0.25, 0.3) is 0 Å². The topological polar surface area (TPSA) is 85.2 Å². The maximum atomic E-state index is 12.0. The molecule has 116 valence electrons. The van der Waals surface area contributed by atoms with Gasteiger partial charge in [-0.25, -0.2) is 0 Å². The predicted octanol–water partition coefficient (Wildman–Crippen LogP) is 1.77. The summed E-state index contributed by atoms with van der Waals surface area (Å²) in [5.74, 6) is 1.90. The van der Waals surface area contributed by atoms with Gasteiger partial charge in [0.25, 0.3) is 0 Å². The Balaban J connectivity index is 1.61. The standard InChI is InChI=1S/C15H24N4O2/c1-10(2)13(20)19-8-4-11(5-9-19)12-17-14(18-21-12)15(16)6-3-7-15/h10-11H,3-9,16H2,1-2H3. The molecule has 0 spiro atoms. The van der Waals surface area contributed by atoms with E-state index >= 15 is 0 Å². The van der Waals surface area contributed by atoms with Crippen LogP contribution >= 0.6 is 0 Å². The minimum atomic E-state index is -0.365. The van der Waals surface area contributed by atoms with Crippen LogP contribution in [0.1, 0.15) is 63.6 Å². The lowest BCUT2D eigenvalue weighted by molar-refractivity contribution is -0.135. The van der Waals surface area contributed by atoms with Crippen molar-refractivity contribution in [2.75, 3.05) is 13.1 Å². The lowest BCUT2D eigenvalue weighted by Crippen LogP contribution is -2.44. The molecular formula is C15H24N4O2. The van der Waals surface area contributed by atoms with Gasteiger partial charge in [-0.05, 0) is 32.1 Å². The minimum absolute atomic E-state index is 0.0623. The fraction of sp³-hybridized carbons (Fsp3) is 0.800. The second kappa shape index (κ2) is 5.40. The normalized spacial score (nSPS) is 22.4. The van der Waals surface area contributed by atoms with Crippen molar-refractivity contribution in [3.63, 3.8) is 0 Å². The van der Waals surface area contributed by atoms with Crippen molar-refractivity contribution >= 4 is 5.91 Å². The van der Waals surface area contributed by atoms with Crippen LogP contribution in [-0.2, 0) is 10.3 Å². The molecular weight excluding hydrogens is 268 g/mol. The van der Waals surface area contributed by atoms with Crippen LogP contribution < -0.4 is 5.73 Å². The van der Waals surface area contributed by atoms with Crippen molar-refractivity contribution in [2.45, 2.75) is 57.4 Å². The van der Waals surface area contributed by atoms with Crippen LogP contribution in [0.15, 0.2) is 4.52 Å². The molecule has 2 aliphatic rings. The summed E-state index contributed by atoms with van der Waals surface area (Å²) in [4.78, 5) is 18.4. The smallest absolute Gasteiger partial charge is 0.229 e. The SMILES string of the molecule is CC(C)C(=O)N1CCC(c2nc(C3(N)CCC3)no2)CC1. The predicted molar refractivity (Wildman–Crippen MR) is 77.4 cm³/mol. The Hall–Kier alpha value is -1.43. The van der Waals surface area contributed by atoms with E-state index in [1.807, 2.05) is 18.7 Å². The van der Waals surface area contributed by atoms with E-state index < -0.39 is 0 Å². The molecule has 2 heterocycles. The van der Waals surface area contributed by atoms with Gasteiger partial charge in [-0.2, -0.15) is 4.98 Å². The number of likely N-dealkylation sites (tertiary alicyclic amines) is 1. The Morgan fingerprint density at radius 1 is 1.38 bits per heavy atom. The van der Waals surface area contributed by atoms with Gasteiger partial charge in [0.1, 0.15) is 0 Å². The number of rotatable bonds is 3. The monoisotopic (exact) mass is 292 g/mol. The van der Waals surface area contributed by atoms with Crippen molar-refractivity contribution in [1.82, 2.24) is 15.0 Å². The molecule has 0 radical (unpaired) electrons. The Bertz CT molecular complexity index is 513. The van der Waals surface area contributed by atoms with E-state index in [2.05, 4.69) is 10.1 Å². The maximum absolute atomic E-state index is 12.0. The summed E-state index contributed by atoms with van der Waals surface area (Å²) in [5.41, 5.74) is 5.86. The first-order chi connectivity index (χ1) is 9.99. The molecule has 1 saturated heterocycles. The summed E-state index contributed by atoms with van der Waals surface area (Å²) >= 11 is 0. The van der Waals surface area contributed by atoms with E-state index in [4.69, 9.17) is 10.3 Å². The Morgan fingerprint density at radius 2 is 2.05 bits per heavy atom. The highest BCUT2D eigenvalue weighted by atomic mass is 16.5. The van der Waals surface area contributed by atoms with Crippen molar-refractivity contribution in [1.29, 1.82) is 0 Å². The van der Waals surface area contributed by atoms with Gasteiger partial charge in [-0.3, -0.25) is 4.79 Å². The summed E-state index contributed by atoms with van der Waals surface area (Å²) in [6, 6.07) is 0. The van der Waals surface area contributed by atoms with E-state index in [-0.39, 0.29) is 23.3 Å². The number of amides is 1. The quantitative estimate of drug-likeness (QED) is 0.917. The molecule has 0 aromatic carbocycles. The molecule has 0 atom stereocenters. The maximum Gasteiger partial charge on any atom is 0.229 e. The van der Waals surface area contributed by atoms with Gasteiger partial charge in [0.05, 0.1) is 5.54 Å². The highest BCUT2D eigenvalue weighted by molar-refractivity contribution is 5.78. The molecule has 2 fully saturated rings. The van der Waals surface area contributed by atoms with Crippen LogP contribution in [0.2, 0.25) is 0 Å². The Kier molecular flexibility index (Phi) is 3.73. The average Bonchev–Trinajstić information content (AvgIpc) is 2.94. The third kappa shape index (κ3) is 2.69. The molecule has 1 aliphatic heterocycles. The van der Waals surface area contributed by atoms with Crippen LogP contribution in [0.3, 0.4) is 0 Å². The second-order valence-electron chi connectivity index (χ2n) is 6.72. The summed E-state index contributed by atoms with van der Waals surface area (Å²) in [6.45, 7) is 5.43. The second-order valence-corrected chi connectivity index (χ2v) is 6.72. The molecule has 1 saturated carbocycles. The van der Waals surface area contributed by atoms with E-state index in [9.17, 15) is 4.79 Å². The molecule has 2 N–H and O–H groups in total. The van der Waals surface area contributed by atoms with Gasteiger partial charge in [0, 0.05) is 24.9 Å². The van der Waals surface area contributed by atoms with Gasteiger partial charge >= 0.3 is 0 Å². The summed E-state index contributed by atoms with van der Waals surface area (Å²) in [6.07, 6.45) is 4.78. The third-order valence-electron chi connectivity index (χ3n) is 4.78. The van der Waals surface area contributed by atoms with Crippen molar-refractivity contribution in [3.8, 4) is 0 Å². The number of nitrogens with zero attached hydrogens (tertiary/aromatic N) is 3. The van der Waals surface area contributed by atoms with E-state index in [1.165, 1.54) is 0 Å². The van der Waals surface area contributed by atoms with Crippen LogP contribution in [0.4, 0.5) is 0 Å². The summed E-state index contributed by atoms with van der Waals surface area (Å²) in [5, 5.41) is 4.08. The van der Waals surface area contributed by atoms with E-state index in [1.54, 1.807) is 0 Å². The first kappa shape index (κ1) is 14.5. The molecule has 6 heteroatoms. The largest absolute Gasteiger partial charge is 0.342 e. The van der Waals surface area contributed by atoms with Crippen molar-refractivity contribution < 1.29 is 9.32 Å². The zero-order valence-electron chi connectivity index (χ0n) is 12.8. The van der Waals surface area contributed by atoms with Crippen LogP contribution in [0, 0.1) is 5.92 Å². The molecule has 6 nitrogen and oxygen atoms in total. The van der Waals surface area contributed by atoms with Gasteiger partial charge in [0.15, 0.2) is 5.82 Å². The third-order valence-corrected chi connectivity index (χ3v) is 4.78. The van der Waals surface area contributed by atoms with Crippen LogP contribution in [0.5, 0.6) is 0 Å². The fourth-order valence-corrected chi connectivity index (χ4v) is 3.10. The number of carbonyl (C=O) groups is 1. The fourth-order valence-electron chi connectivity index (χ4n) is 3.10. The molecule has 0 bridgehead atoms. The number of carbonyl (C=O) groups excluding carboxylic acids is 1. The van der Waals surface area contributed by atoms with Crippen molar-refractivity contribution in [3.05, 3.63) is 11.7 Å². The molecule has 1 aliphatic carbocycles. The molecule has 1 aromatic rings. The highest BCUT2D eigenvalue weighted by Crippen LogP contribution is 2.38. The summed E-state index contributed by atoms with van der Waals surface area (Å²) in [7, 11) is 0. The molecule has 0 unspecified atom stereocenters.